The minimum atomic E-state index is -2.35. The number of rotatable bonds is 3. The number of aromatic nitrogens is 2. The van der Waals surface area contributed by atoms with Crippen LogP contribution in [0.3, 0.4) is 0 Å². The Morgan fingerprint density at radius 3 is 3.00 bits per heavy atom. The lowest BCUT2D eigenvalue weighted by Gasteiger charge is -2.29. The highest BCUT2D eigenvalue weighted by molar-refractivity contribution is 5.40. The predicted octanol–water partition coefficient (Wildman–Crippen LogP) is 2.85. The van der Waals surface area contributed by atoms with Gasteiger partial charge in [0.1, 0.15) is 11.9 Å². The molecule has 5 heteroatoms. The molecule has 0 fully saturated rings. The van der Waals surface area contributed by atoms with Crippen LogP contribution in [0.4, 0.5) is 14.6 Å². The Morgan fingerprint density at radius 2 is 2.38 bits per heavy atom. The molecule has 1 aliphatic rings. The molecule has 2 atom stereocenters. The van der Waals surface area contributed by atoms with E-state index in [0.717, 1.165) is 24.4 Å². The van der Waals surface area contributed by atoms with E-state index >= 15 is 0 Å². The van der Waals surface area contributed by atoms with Gasteiger partial charge in [-0.25, -0.2) is 13.5 Å². The average molecular weight is 229 g/mol. The molecule has 1 aromatic rings. The number of fused-ring (bicyclic) bond motifs is 1. The molecule has 90 valence electrons. The number of hydrogen-bond acceptors (Lipinski definition) is 2. The van der Waals surface area contributed by atoms with Gasteiger partial charge in [0.05, 0.1) is 5.69 Å². The second-order valence-corrected chi connectivity index (χ2v) is 4.40. The lowest BCUT2D eigenvalue weighted by Crippen LogP contribution is -2.33. The molecule has 0 saturated heterocycles. The van der Waals surface area contributed by atoms with Crippen LogP contribution in [0.2, 0.25) is 0 Å². The number of nitrogens with one attached hydrogen (secondary N) is 1. The summed E-state index contributed by atoms with van der Waals surface area (Å²) in [7, 11) is 0. The molecule has 1 N–H and O–H groups in total. The van der Waals surface area contributed by atoms with Crippen molar-refractivity contribution < 1.29 is 8.78 Å². The second kappa shape index (κ2) is 4.39. The van der Waals surface area contributed by atoms with E-state index in [1.165, 1.54) is 4.68 Å². The lowest BCUT2D eigenvalue weighted by atomic mass is 10.1. The van der Waals surface area contributed by atoms with Crippen molar-refractivity contribution in [1.29, 1.82) is 0 Å². The third-order valence-corrected chi connectivity index (χ3v) is 2.89. The first kappa shape index (κ1) is 11.4. The molecule has 0 radical (unpaired) electrons. The number of halogens is 2. The van der Waals surface area contributed by atoms with Crippen LogP contribution in [0.15, 0.2) is 6.07 Å². The van der Waals surface area contributed by atoms with E-state index < -0.39 is 12.5 Å². The largest absolute Gasteiger partial charge is 0.368 e. The highest BCUT2D eigenvalue weighted by Gasteiger charge is 2.31. The summed E-state index contributed by atoms with van der Waals surface area (Å²) < 4.78 is 27.2. The van der Waals surface area contributed by atoms with E-state index in [9.17, 15) is 8.78 Å². The van der Waals surface area contributed by atoms with Crippen LogP contribution in [0.1, 0.15) is 38.4 Å². The van der Waals surface area contributed by atoms with Crippen molar-refractivity contribution in [3.63, 3.8) is 0 Å². The fourth-order valence-electron chi connectivity index (χ4n) is 2.17. The molecule has 2 rings (SSSR count). The van der Waals surface area contributed by atoms with Crippen LogP contribution in [-0.2, 0) is 6.42 Å². The molecule has 1 aliphatic heterocycles. The average Bonchev–Trinajstić information content (AvgIpc) is 2.59. The van der Waals surface area contributed by atoms with Gasteiger partial charge in [0.15, 0.2) is 0 Å². The van der Waals surface area contributed by atoms with Crippen LogP contribution in [-0.4, -0.2) is 22.2 Å². The highest BCUT2D eigenvalue weighted by atomic mass is 19.3. The van der Waals surface area contributed by atoms with E-state index in [0.29, 0.717) is 6.42 Å². The third kappa shape index (κ3) is 2.03. The first-order chi connectivity index (χ1) is 7.61. The first-order valence-corrected chi connectivity index (χ1v) is 5.75. The van der Waals surface area contributed by atoms with Crippen LogP contribution in [0, 0.1) is 0 Å². The summed E-state index contributed by atoms with van der Waals surface area (Å²) in [5, 5.41) is 7.44. The number of nitrogens with zero attached hydrogens (tertiary/aromatic N) is 2. The quantitative estimate of drug-likeness (QED) is 0.863. The monoisotopic (exact) mass is 229 g/mol. The number of aryl methyl sites for hydroxylation is 1. The molecule has 0 spiro atoms. The van der Waals surface area contributed by atoms with E-state index in [1.54, 1.807) is 0 Å². The van der Waals surface area contributed by atoms with Crippen molar-refractivity contribution in [2.75, 3.05) is 5.32 Å². The van der Waals surface area contributed by atoms with E-state index in [-0.39, 0.29) is 6.04 Å². The summed E-state index contributed by atoms with van der Waals surface area (Å²) in [6, 6.07) is 1.18. The van der Waals surface area contributed by atoms with Gasteiger partial charge in [0.2, 0.25) is 0 Å². The number of hydrogen-bond donors (Lipinski definition) is 1. The summed E-state index contributed by atoms with van der Waals surface area (Å²) in [5.41, 5.74) is 0.893. The van der Waals surface area contributed by atoms with E-state index in [1.807, 2.05) is 13.0 Å². The minimum absolute atomic E-state index is 0.0812. The van der Waals surface area contributed by atoms with Crippen LogP contribution in [0.25, 0.3) is 0 Å². The molecule has 1 aromatic heterocycles. The van der Waals surface area contributed by atoms with Gasteiger partial charge in [-0.05, 0) is 19.8 Å². The zero-order chi connectivity index (χ0) is 11.7. The standard InChI is InChI=1S/C11H17F2N3/c1-3-4-8-6-10-14-7(2)5-9(11(12)13)16(10)15-8/h6-7,9,11,14H,3-5H2,1-2H3. The Labute approximate surface area is 93.8 Å². The second-order valence-electron chi connectivity index (χ2n) is 4.40. The van der Waals surface area contributed by atoms with Crippen molar-refractivity contribution in [2.24, 2.45) is 0 Å². The van der Waals surface area contributed by atoms with Crippen molar-refractivity contribution in [3.05, 3.63) is 11.8 Å². The SMILES string of the molecule is CCCc1cc2n(n1)C(C(F)F)CC(C)N2. The van der Waals surface area contributed by atoms with Crippen LogP contribution < -0.4 is 5.32 Å². The Kier molecular flexibility index (Phi) is 3.12. The van der Waals surface area contributed by atoms with Gasteiger partial charge in [0.25, 0.3) is 6.43 Å². The van der Waals surface area contributed by atoms with Gasteiger partial charge < -0.3 is 5.32 Å². The number of anilines is 1. The van der Waals surface area contributed by atoms with Gasteiger partial charge in [-0.15, -0.1) is 0 Å². The van der Waals surface area contributed by atoms with Gasteiger partial charge in [0, 0.05) is 12.1 Å². The molecule has 3 nitrogen and oxygen atoms in total. The van der Waals surface area contributed by atoms with Gasteiger partial charge in [-0.3, -0.25) is 0 Å². The Morgan fingerprint density at radius 1 is 1.62 bits per heavy atom. The molecule has 0 amide bonds. The van der Waals surface area contributed by atoms with Crippen LogP contribution in [0.5, 0.6) is 0 Å². The molecule has 0 aromatic carbocycles. The van der Waals surface area contributed by atoms with Gasteiger partial charge >= 0.3 is 0 Å². The summed E-state index contributed by atoms with van der Waals surface area (Å²) in [6.07, 6.45) is -0.104. The predicted molar refractivity (Wildman–Crippen MR) is 59.0 cm³/mol. The smallest absolute Gasteiger partial charge is 0.260 e. The molecular formula is C11H17F2N3. The fraction of sp³-hybridized carbons (Fsp3) is 0.727. The van der Waals surface area contributed by atoms with Crippen molar-refractivity contribution in [3.8, 4) is 0 Å². The fourth-order valence-corrected chi connectivity index (χ4v) is 2.17. The third-order valence-electron chi connectivity index (χ3n) is 2.89. The Bertz CT molecular complexity index is 362. The van der Waals surface area contributed by atoms with Crippen molar-refractivity contribution >= 4 is 5.82 Å². The van der Waals surface area contributed by atoms with E-state index in [4.69, 9.17) is 0 Å². The molecule has 16 heavy (non-hydrogen) atoms. The molecule has 0 saturated carbocycles. The summed E-state index contributed by atoms with van der Waals surface area (Å²) >= 11 is 0. The maximum atomic E-state index is 12.9. The van der Waals surface area contributed by atoms with Crippen LogP contribution >= 0.6 is 0 Å². The van der Waals surface area contributed by atoms with Crippen molar-refractivity contribution in [1.82, 2.24) is 9.78 Å². The normalized spacial score (nSPS) is 24.3. The maximum Gasteiger partial charge on any atom is 0.260 e. The Balaban J connectivity index is 2.29. The van der Waals surface area contributed by atoms with Gasteiger partial charge in [-0.1, -0.05) is 13.3 Å². The lowest BCUT2D eigenvalue weighted by molar-refractivity contribution is 0.0666. The maximum absolute atomic E-state index is 12.9. The zero-order valence-electron chi connectivity index (χ0n) is 9.58. The minimum Gasteiger partial charge on any atom is -0.368 e. The molecule has 2 heterocycles. The number of alkyl halides is 2. The highest BCUT2D eigenvalue weighted by Crippen LogP contribution is 2.31. The topological polar surface area (TPSA) is 29.9 Å². The zero-order valence-corrected chi connectivity index (χ0v) is 9.58. The summed E-state index contributed by atoms with van der Waals surface area (Å²) in [6.45, 7) is 3.98. The summed E-state index contributed by atoms with van der Waals surface area (Å²) in [4.78, 5) is 0. The molecule has 0 bridgehead atoms. The van der Waals surface area contributed by atoms with Crippen molar-refractivity contribution in [2.45, 2.75) is 51.6 Å². The van der Waals surface area contributed by atoms with Gasteiger partial charge in [-0.2, -0.15) is 5.10 Å². The molecular weight excluding hydrogens is 212 g/mol. The summed E-state index contributed by atoms with van der Waals surface area (Å²) in [5.74, 6) is 0.729. The van der Waals surface area contributed by atoms with E-state index in [2.05, 4.69) is 17.3 Å². The first-order valence-electron chi connectivity index (χ1n) is 5.75. The molecule has 0 aliphatic carbocycles. The Hall–Kier alpha value is -1.13. The molecule has 2 unspecified atom stereocenters.